The zero-order valence-corrected chi connectivity index (χ0v) is 9.66. The number of aromatic hydroxyl groups is 1. The Bertz CT molecular complexity index is 334. The summed E-state index contributed by atoms with van der Waals surface area (Å²) in [6.07, 6.45) is 0.802. The summed E-state index contributed by atoms with van der Waals surface area (Å²) in [5, 5.41) is 21.0. The fourth-order valence-corrected chi connectivity index (χ4v) is 1.38. The van der Waals surface area contributed by atoms with Crippen molar-refractivity contribution in [2.45, 2.75) is 13.0 Å². The van der Waals surface area contributed by atoms with Crippen molar-refractivity contribution >= 4 is 0 Å². The molecule has 0 fully saturated rings. The van der Waals surface area contributed by atoms with Crippen LogP contribution in [-0.4, -0.2) is 36.6 Å². The SMILES string of the molecule is OCCOCCCNCc1cc(F)ccc1O. The Labute approximate surface area is 100 Å². The molecule has 0 aliphatic heterocycles. The number of hydrogen-bond acceptors (Lipinski definition) is 4. The molecule has 0 aliphatic rings. The van der Waals surface area contributed by atoms with Gasteiger partial charge in [-0.15, -0.1) is 0 Å². The van der Waals surface area contributed by atoms with Crippen molar-refractivity contribution in [1.29, 1.82) is 0 Å². The molecular weight excluding hydrogens is 225 g/mol. The summed E-state index contributed by atoms with van der Waals surface area (Å²) in [5.41, 5.74) is 0.543. The standard InChI is InChI=1S/C12H18FNO3/c13-11-2-3-12(16)10(8-11)9-14-4-1-6-17-7-5-15/h2-3,8,14-16H,1,4-7,9H2. The highest BCUT2D eigenvalue weighted by atomic mass is 19.1. The Hall–Kier alpha value is -1.17. The van der Waals surface area contributed by atoms with Crippen LogP contribution in [0.15, 0.2) is 18.2 Å². The Morgan fingerprint density at radius 2 is 2.12 bits per heavy atom. The molecule has 0 radical (unpaired) electrons. The van der Waals surface area contributed by atoms with Crippen molar-refractivity contribution in [3.8, 4) is 5.75 Å². The Kier molecular flexibility index (Phi) is 6.54. The smallest absolute Gasteiger partial charge is 0.123 e. The normalized spacial score (nSPS) is 10.7. The predicted molar refractivity (Wildman–Crippen MR) is 62.3 cm³/mol. The number of benzene rings is 1. The molecule has 4 nitrogen and oxygen atoms in total. The third-order valence-electron chi connectivity index (χ3n) is 2.23. The number of nitrogens with one attached hydrogen (secondary N) is 1. The highest BCUT2D eigenvalue weighted by Gasteiger charge is 2.01. The molecule has 0 atom stereocenters. The minimum atomic E-state index is -0.356. The van der Waals surface area contributed by atoms with Crippen molar-refractivity contribution in [1.82, 2.24) is 5.32 Å². The topological polar surface area (TPSA) is 61.7 Å². The number of halogens is 1. The van der Waals surface area contributed by atoms with E-state index in [9.17, 15) is 9.50 Å². The van der Waals surface area contributed by atoms with Crippen molar-refractivity contribution in [3.05, 3.63) is 29.6 Å². The third-order valence-corrected chi connectivity index (χ3v) is 2.23. The van der Waals surface area contributed by atoms with Gasteiger partial charge in [0.05, 0.1) is 13.2 Å². The van der Waals surface area contributed by atoms with Crippen LogP contribution >= 0.6 is 0 Å². The molecular formula is C12H18FNO3. The van der Waals surface area contributed by atoms with Crippen LogP contribution in [0.1, 0.15) is 12.0 Å². The lowest BCUT2D eigenvalue weighted by molar-refractivity contribution is 0.0907. The Balaban J connectivity index is 2.15. The lowest BCUT2D eigenvalue weighted by atomic mass is 10.2. The van der Waals surface area contributed by atoms with Crippen LogP contribution in [0.5, 0.6) is 5.75 Å². The zero-order valence-electron chi connectivity index (χ0n) is 9.66. The van der Waals surface area contributed by atoms with E-state index in [2.05, 4.69) is 5.32 Å². The lowest BCUT2D eigenvalue weighted by Gasteiger charge is -2.07. The number of ether oxygens (including phenoxy) is 1. The molecule has 0 spiro atoms. The van der Waals surface area contributed by atoms with Crippen LogP contribution in [0.25, 0.3) is 0 Å². The van der Waals surface area contributed by atoms with Gasteiger partial charge in [0, 0.05) is 18.7 Å². The summed E-state index contributed by atoms with van der Waals surface area (Å²) in [6, 6.07) is 3.88. The van der Waals surface area contributed by atoms with Crippen molar-refractivity contribution in [2.75, 3.05) is 26.4 Å². The molecule has 0 saturated heterocycles. The molecule has 17 heavy (non-hydrogen) atoms. The van der Waals surface area contributed by atoms with E-state index in [1.54, 1.807) is 0 Å². The Morgan fingerprint density at radius 3 is 2.88 bits per heavy atom. The number of hydrogen-bond donors (Lipinski definition) is 3. The van der Waals surface area contributed by atoms with E-state index in [1.807, 2.05) is 0 Å². The van der Waals surface area contributed by atoms with E-state index in [1.165, 1.54) is 18.2 Å². The number of aliphatic hydroxyl groups excluding tert-OH is 1. The fourth-order valence-electron chi connectivity index (χ4n) is 1.38. The molecule has 96 valence electrons. The maximum absolute atomic E-state index is 12.9. The number of rotatable bonds is 8. The summed E-state index contributed by atoms with van der Waals surface area (Å²) in [7, 11) is 0. The quantitative estimate of drug-likeness (QED) is 0.597. The van der Waals surface area contributed by atoms with Crippen LogP contribution < -0.4 is 5.32 Å². The van der Waals surface area contributed by atoms with Crippen molar-refractivity contribution < 1.29 is 19.3 Å². The average molecular weight is 243 g/mol. The molecule has 0 unspecified atom stereocenters. The van der Waals surface area contributed by atoms with E-state index >= 15 is 0 Å². The molecule has 1 rings (SSSR count). The number of phenolic OH excluding ortho intramolecular Hbond substituents is 1. The van der Waals surface area contributed by atoms with Gasteiger partial charge in [-0.2, -0.15) is 0 Å². The van der Waals surface area contributed by atoms with Gasteiger partial charge < -0.3 is 20.3 Å². The molecule has 3 N–H and O–H groups in total. The van der Waals surface area contributed by atoms with E-state index in [0.29, 0.717) is 31.9 Å². The second-order valence-corrected chi connectivity index (χ2v) is 3.64. The number of phenols is 1. The average Bonchev–Trinajstić information content (AvgIpc) is 2.32. The van der Waals surface area contributed by atoms with Gasteiger partial charge in [-0.05, 0) is 31.2 Å². The summed E-state index contributed by atoms with van der Waals surface area (Å²) >= 11 is 0. The van der Waals surface area contributed by atoms with Gasteiger partial charge in [-0.25, -0.2) is 4.39 Å². The molecule has 1 aromatic carbocycles. The first kappa shape index (κ1) is 13.9. The molecule has 0 heterocycles. The molecule has 1 aromatic rings. The van der Waals surface area contributed by atoms with Gasteiger partial charge >= 0.3 is 0 Å². The second-order valence-electron chi connectivity index (χ2n) is 3.64. The van der Waals surface area contributed by atoms with Gasteiger partial charge in [0.15, 0.2) is 0 Å². The second kappa shape index (κ2) is 8.00. The molecule has 0 aromatic heterocycles. The molecule has 0 amide bonds. The van der Waals surface area contributed by atoms with Gasteiger partial charge in [0.1, 0.15) is 11.6 Å². The van der Waals surface area contributed by atoms with Gasteiger partial charge in [-0.1, -0.05) is 0 Å². The molecule has 0 saturated carbocycles. The minimum Gasteiger partial charge on any atom is -0.508 e. The van der Waals surface area contributed by atoms with Gasteiger partial charge in [0.25, 0.3) is 0 Å². The highest BCUT2D eigenvalue weighted by Crippen LogP contribution is 2.17. The van der Waals surface area contributed by atoms with Gasteiger partial charge in [0.2, 0.25) is 0 Å². The van der Waals surface area contributed by atoms with E-state index in [-0.39, 0.29) is 18.2 Å². The van der Waals surface area contributed by atoms with Crippen LogP contribution in [0, 0.1) is 5.82 Å². The van der Waals surface area contributed by atoms with Crippen molar-refractivity contribution in [3.63, 3.8) is 0 Å². The minimum absolute atomic E-state index is 0.0323. The van der Waals surface area contributed by atoms with E-state index < -0.39 is 0 Å². The first-order valence-electron chi connectivity index (χ1n) is 5.60. The predicted octanol–water partition coefficient (Wildman–Crippen LogP) is 1.02. The Morgan fingerprint density at radius 1 is 1.29 bits per heavy atom. The van der Waals surface area contributed by atoms with Crippen LogP contribution in [0.4, 0.5) is 4.39 Å². The van der Waals surface area contributed by atoms with E-state index in [4.69, 9.17) is 9.84 Å². The van der Waals surface area contributed by atoms with Crippen LogP contribution in [0.3, 0.4) is 0 Å². The third kappa shape index (κ3) is 5.63. The summed E-state index contributed by atoms with van der Waals surface area (Å²) in [4.78, 5) is 0. The van der Waals surface area contributed by atoms with Crippen LogP contribution in [0.2, 0.25) is 0 Å². The molecule has 0 aliphatic carbocycles. The largest absolute Gasteiger partial charge is 0.508 e. The van der Waals surface area contributed by atoms with Crippen molar-refractivity contribution in [2.24, 2.45) is 0 Å². The number of aliphatic hydroxyl groups is 1. The first-order valence-corrected chi connectivity index (χ1v) is 5.60. The first-order chi connectivity index (χ1) is 8.24. The lowest BCUT2D eigenvalue weighted by Crippen LogP contribution is -2.17. The fraction of sp³-hybridized carbons (Fsp3) is 0.500. The summed E-state index contributed by atoms with van der Waals surface area (Å²) in [6.45, 7) is 2.09. The summed E-state index contributed by atoms with van der Waals surface area (Å²) < 4.78 is 18.0. The van der Waals surface area contributed by atoms with Crippen LogP contribution in [-0.2, 0) is 11.3 Å². The summed E-state index contributed by atoms with van der Waals surface area (Å²) in [5.74, 6) is -0.263. The maximum Gasteiger partial charge on any atom is 0.123 e. The highest BCUT2D eigenvalue weighted by molar-refractivity contribution is 5.32. The maximum atomic E-state index is 12.9. The molecule has 0 bridgehead atoms. The molecule has 5 heteroatoms. The van der Waals surface area contributed by atoms with E-state index in [0.717, 1.165) is 6.42 Å². The zero-order chi connectivity index (χ0) is 12.5. The van der Waals surface area contributed by atoms with Gasteiger partial charge in [-0.3, -0.25) is 0 Å². The monoisotopic (exact) mass is 243 g/mol.